The van der Waals surface area contributed by atoms with E-state index in [0.717, 1.165) is 41.6 Å². The molecule has 0 saturated carbocycles. The molecule has 38 heavy (non-hydrogen) atoms. The Hall–Kier alpha value is -3.96. The Kier molecular flexibility index (Phi) is 8.46. The number of hydrogen-bond acceptors (Lipinski definition) is 4. The van der Waals surface area contributed by atoms with Gasteiger partial charge in [-0.05, 0) is 78.1 Å². The summed E-state index contributed by atoms with van der Waals surface area (Å²) in [6.45, 7) is 0.411. The molecule has 2 heterocycles. The van der Waals surface area contributed by atoms with Crippen LogP contribution in [0.5, 0.6) is 5.75 Å². The highest BCUT2D eigenvalue weighted by Crippen LogP contribution is 2.36. The molecule has 0 fully saturated rings. The van der Waals surface area contributed by atoms with Crippen LogP contribution in [0.4, 0.5) is 0 Å². The molecule has 5 heteroatoms. The van der Waals surface area contributed by atoms with Crippen molar-refractivity contribution in [1.82, 2.24) is 4.98 Å². The van der Waals surface area contributed by atoms with Crippen LogP contribution in [0.2, 0.25) is 0 Å². The van der Waals surface area contributed by atoms with Crippen molar-refractivity contribution in [2.24, 2.45) is 0 Å². The van der Waals surface area contributed by atoms with Gasteiger partial charge in [0.05, 0.1) is 17.6 Å². The lowest BCUT2D eigenvalue weighted by Gasteiger charge is -2.19. The van der Waals surface area contributed by atoms with Gasteiger partial charge in [-0.3, -0.25) is 4.79 Å². The molecule has 0 amide bonds. The first kappa shape index (κ1) is 25.7. The number of pyridine rings is 1. The maximum Gasteiger partial charge on any atom is 0.303 e. The molecule has 0 spiro atoms. The van der Waals surface area contributed by atoms with Gasteiger partial charge < -0.3 is 9.84 Å². The number of para-hydroxylation sites is 1. The summed E-state index contributed by atoms with van der Waals surface area (Å²) < 4.78 is 6.07. The Morgan fingerprint density at radius 2 is 1.66 bits per heavy atom. The Bertz CT molecular complexity index is 1480. The molecule has 2 aromatic heterocycles. The molecule has 0 aliphatic rings. The first-order valence-electron chi connectivity index (χ1n) is 13.0. The fourth-order valence-electron chi connectivity index (χ4n) is 4.88. The normalized spacial score (nSPS) is 11.9. The van der Waals surface area contributed by atoms with Gasteiger partial charge in [-0.2, -0.15) is 0 Å². The molecular weight excluding hydrogens is 490 g/mol. The van der Waals surface area contributed by atoms with E-state index in [1.807, 2.05) is 42.5 Å². The minimum Gasteiger partial charge on any atom is -0.487 e. The minimum atomic E-state index is -0.757. The van der Waals surface area contributed by atoms with Gasteiger partial charge in [0, 0.05) is 16.2 Å². The van der Waals surface area contributed by atoms with Crippen molar-refractivity contribution in [2.45, 2.75) is 44.6 Å². The summed E-state index contributed by atoms with van der Waals surface area (Å²) in [5, 5.41) is 12.4. The van der Waals surface area contributed by atoms with Crippen LogP contribution in [0.3, 0.4) is 0 Å². The van der Waals surface area contributed by atoms with Crippen LogP contribution < -0.4 is 4.74 Å². The molecule has 1 atom stereocenters. The second-order valence-corrected chi connectivity index (χ2v) is 10.5. The van der Waals surface area contributed by atoms with Crippen LogP contribution in [0.1, 0.15) is 52.4 Å². The van der Waals surface area contributed by atoms with E-state index in [9.17, 15) is 9.90 Å². The number of carboxylic acids is 1. The zero-order valence-electron chi connectivity index (χ0n) is 21.3. The third kappa shape index (κ3) is 6.67. The Morgan fingerprint density at radius 1 is 0.868 bits per heavy atom. The molecular formula is C33H31NO3S. The number of fused-ring (bicyclic) bond motifs is 1. The van der Waals surface area contributed by atoms with Crippen LogP contribution >= 0.6 is 11.3 Å². The van der Waals surface area contributed by atoms with Gasteiger partial charge in [-0.25, -0.2) is 4.98 Å². The molecule has 0 bridgehead atoms. The number of aryl methyl sites for hydroxylation is 2. The summed E-state index contributed by atoms with van der Waals surface area (Å²) in [5.74, 6) is 0.264. The number of hydrogen-bond donors (Lipinski definition) is 1. The van der Waals surface area contributed by atoms with Crippen molar-refractivity contribution in [2.75, 3.05) is 0 Å². The number of ether oxygens (including phenoxy) is 1. The molecule has 5 aromatic rings. The van der Waals surface area contributed by atoms with Gasteiger partial charge in [0.1, 0.15) is 12.4 Å². The van der Waals surface area contributed by atoms with E-state index in [-0.39, 0.29) is 12.3 Å². The van der Waals surface area contributed by atoms with Gasteiger partial charge in [-0.15, -0.1) is 11.3 Å². The molecule has 3 aromatic carbocycles. The lowest BCUT2D eigenvalue weighted by molar-refractivity contribution is -0.136. The number of aromatic nitrogens is 1. The Labute approximate surface area is 227 Å². The van der Waals surface area contributed by atoms with Crippen LogP contribution in [0.15, 0.2) is 102 Å². The summed E-state index contributed by atoms with van der Waals surface area (Å²) in [5.41, 5.74) is 5.68. The lowest BCUT2D eigenvalue weighted by atomic mass is 9.86. The summed E-state index contributed by atoms with van der Waals surface area (Å²) >= 11 is 1.66. The van der Waals surface area contributed by atoms with Crippen LogP contribution in [0.25, 0.3) is 10.9 Å². The quantitative estimate of drug-likeness (QED) is 0.180. The van der Waals surface area contributed by atoms with E-state index in [4.69, 9.17) is 9.72 Å². The number of carbonyl (C=O) groups is 1. The maximum atomic E-state index is 11.2. The second-order valence-electron chi connectivity index (χ2n) is 9.48. The zero-order chi connectivity index (χ0) is 26.2. The van der Waals surface area contributed by atoms with E-state index in [1.54, 1.807) is 11.3 Å². The van der Waals surface area contributed by atoms with Gasteiger partial charge in [0.2, 0.25) is 0 Å². The Balaban J connectivity index is 1.30. The van der Waals surface area contributed by atoms with Crippen molar-refractivity contribution in [1.29, 1.82) is 0 Å². The zero-order valence-corrected chi connectivity index (χ0v) is 22.1. The molecule has 0 radical (unpaired) electrons. The smallest absolute Gasteiger partial charge is 0.303 e. The summed E-state index contributed by atoms with van der Waals surface area (Å²) in [6, 6.07) is 33.3. The predicted octanol–water partition coefficient (Wildman–Crippen LogP) is 8.05. The average molecular weight is 522 g/mol. The third-order valence-corrected chi connectivity index (χ3v) is 7.84. The maximum absolute atomic E-state index is 11.2. The number of carboxylic acid groups (broad SMARTS) is 1. The number of benzene rings is 3. The van der Waals surface area contributed by atoms with E-state index >= 15 is 0 Å². The highest BCUT2D eigenvalue weighted by atomic mass is 32.1. The fourth-order valence-corrected chi connectivity index (χ4v) is 5.83. The number of rotatable bonds is 12. The highest BCUT2D eigenvalue weighted by molar-refractivity contribution is 7.10. The fraction of sp³-hybridized carbons (Fsp3) is 0.212. The Morgan fingerprint density at radius 3 is 2.47 bits per heavy atom. The van der Waals surface area contributed by atoms with Crippen LogP contribution in [-0.4, -0.2) is 16.1 Å². The average Bonchev–Trinajstić information content (AvgIpc) is 3.42. The molecule has 1 unspecified atom stereocenters. The molecule has 5 rings (SSSR count). The van der Waals surface area contributed by atoms with Gasteiger partial charge >= 0.3 is 5.97 Å². The van der Waals surface area contributed by atoms with E-state index in [0.29, 0.717) is 13.0 Å². The number of thiophene rings is 1. The monoisotopic (exact) mass is 521 g/mol. The molecule has 4 nitrogen and oxygen atoms in total. The highest BCUT2D eigenvalue weighted by Gasteiger charge is 2.19. The van der Waals surface area contributed by atoms with E-state index in [1.165, 1.54) is 21.6 Å². The summed E-state index contributed by atoms with van der Waals surface area (Å²) in [6.07, 6.45) is 3.78. The SMILES string of the molecule is O=C(O)CCc1sccc1C(CCCc1ccccc1)c1ccc(OCc2ccc3ccccc3n2)cc1. The third-order valence-electron chi connectivity index (χ3n) is 6.85. The van der Waals surface area contributed by atoms with Crippen LogP contribution in [0, 0.1) is 0 Å². The van der Waals surface area contributed by atoms with Gasteiger partial charge in [0.15, 0.2) is 0 Å². The van der Waals surface area contributed by atoms with Crippen LogP contribution in [-0.2, 0) is 24.2 Å². The second kappa shape index (κ2) is 12.5. The van der Waals surface area contributed by atoms with Gasteiger partial charge in [-0.1, -0.05) is 66.7 Å². The van der Waals surface area contributed by atoms with Crippen molar-refractivity contribution >= 4 is 28.2 Å². The minimum absolute atomic E-state index is 0.153. The van der Waals surface area contributed by atoms with Crippen molar-refractivity contribution in [3.63, 3.8) is 0 Å². The van der Waals surface area contributed by atoms with Crippen molar-refractivity contribution in [3.8, 4) is 5.75 Å². The van der Waals surface area contributed by atoms with Gasteiger partial charge in [0.25, 0.3) is 0 Å². The summed E-state index contributed by atoms with van der Waals surface area (Å²) in [4.78, 5) is 17.1. The lowest BCUT2D eigenvalue weighted by Crippen LogP contribution is -2.06. The first-order valence-corrected chi connectivity index (χ1v) is 13.9. The molecule has 0 aliphatic heterocycles. The molecule has 192 valence electrons. The van der Waals surface area contributed by atoms with Crippen molar-refractivity contribution < 1.29 is 14.6 Å². The molecule has 0 aliphatic carbocycles. The topological polar surface area (TPSA) is 59.4 Å². The molecule has 0 saturated heterocycles. The molecule has 1 N–H and O–H groups in total. The largest absolute Gasteiger partial charge is 0.487 e. The first-order chi connectivity index (χ1) is 18.7. The standard InChI is InChI=1S/C33H31NO3S/c35-33(36)20-19-32-30(21-22-38-32)29(11-6-9-24-7-2-1-3-8-24)25-14-17-28(18-15-25)37-23-27-16-13-26-10-4-5-12-31(26)34-27/h1-5,7-8,10,12-18,21-22,29H,6,9,11,19-20,23H2,(H,35,36). The summed E-state index contributed by atoms with van der Waals surface area (Å²) in [7, 11) is 0. The predicted molar refractivity (Wildman–Crippen MR) is 154 cm³/mol. The number of aliphatic carboxylic acids is 1. The van der Waals surface area contributed by atoms with E-state index < -0.39 is 5.97 Å². The number of nitrogens with zero attached hydrogens (tertiary/aromatic N) is 1. The van der Waals surface area contributed by atoms with E-state index in [2.05, 4.69) is 60.0 Å². The van der Waals surface area contributed by atoms with Crippen molar-refractivity contribution in [3.05, 3.63) is 130 Å².